The predicted octanol–water partition coefficient (Wildman–Crippen LogP) is 1.97. The molecule has 0 unspecified atom stereocenters. The summed E-state index contributed by atoms with van der Waals surface area (Å²) < 4.78 is 31.7. The first kappa shape index (κ1) is 18.4. The van der Waals surface area contributed by atoms with E-state index in [1.807, 2.05) is 0 Å². The standard InChI is InChI=1S/C14H22N2O5S/c1-14(2,3)21-13(17)16(4)12-8-6-7-11(15-12)9-10-20-22(5,18)19/h6-8H,9-10H2,1-5H3. The van der Waals surface area contributed by atoms with E-state index in [1.165, 1.54) is 4.90 Å². The molecule has 0 spiro atoms. The number of hydrogen-bond acceptors (Lipinski definition) is 6. The van der Waals surface area contributed by atoms with Crippen molar-refractivity contribution in [1.29, 1.82) is 0 Å². The molecule has 1 amide bonds. The first-order valence-corrected chi connectivity index (χ1v) is 8.57. The molecule has 0 N–H and O–H groups in total. The van der Waals surface area contributed by atoms with Crippen LogP contribution < -0.4 is 4.90 Å². The SMILES string of the molecule is CN(C(=O)OC(C)(C)C)c1cccc(CCOS(C)(=O)=O)n1. The van der Waals surface area contributed by atoms with E-state index in [2.05, 4.69) is 9.17 Å². The lowest BCUT2D eigenvalue weighted by Gasteiger charge is -2.24. The van der Waals surface area contributed by atoms with Crippen molar-refractivity contribution < 1.29 is 22.1 Å². The molecule has 0 bridgehead atoms. The van der Waals surface area contributed by atoms with Gasteiger partial charge in [-0.2, -0.15) is 8.42 Å². The number of pyridine rings is 1. The summed E-state index contributed by atoms with van der Waals surface area (Å²) in [6.07, 6.45) is 0.806. The second-order valence-electron chi connectivity index (χ2n) is 5.80. The minimum atomic E-state index is -3.47. The second-order valence-corrected chi connectivity index (χ2v) is 7.45. The van der Waals surface area contributed by atoms with Gasteiger partial charge in [0.2, 0.25) is 0 Å². The zero-order valence-electron chi connectivity index (χ0n) is 13.5. The van der Waals surface area contributed by atoms with E-state index < -0.39 is 21.8 Å². The van der Waals surface area contributed by atoms with Gasteiger partial charge in [-0.3, -0.25) is 9.08 Å². The summed E-state index contributed by atoms with van der Waals surface area (Å²) in [6.45, 7) is 5.35. The van der Waals surface area contributed by atoms with Crippen LogP contribution in [0, 0.1) is 0 Å². The van der Waals surface area contributed by atoms with Gasteiger partial charge in [0.15, 0.2) is 0 Å². The third kappa shape index (κ3) is 6.86. The number of hydrogen-bond donors (Lipinski definition) is 0. The summed E-state index contributed by atoms with van der Waals surface area (Å²) in [6, 6.07) is 5.14. The number of rotatable bonds is 5. The van der Waals surface area contributed by atoms with E-state index in [1.54, 1.807) is 46.0 Å². The van der Waals surface area contributed by atoms with Gasteiger partial charge in [0.1, 0.15) is 11.4 Å². The monoisotopic (exact) mass is 330 g/mol. The number of carbonyl (C=O) groups excluding carboxylic acids is 1. The van der Waals surface area contributed by atoms with Gasteiger partial charge in [-0.05, 0) is 32.9 Å². The Labute approximate surface area is 131 Å². The Morgan fingerprint density at radius 2 is 1.95 bits per heavy atom. The van der Waals surface area contributed by atoms with E-state index in [9.17, 15) is 13.2 Å². The molecular formula is C14H22N2O5S. The van der Waals surface area contributed by atoms with Crippen LogP contribution in [-0.4, -0.2) is 45.0 Å². The Balaban J connectivity index is 2.72. The van der Waals surface area contributed by atoms with Crippen LogP contribution in [0.25, 0.3) is 0 Å². The number of anilines is 1. The lowest BCUT2D eigenvalue weighted by atomic mass is 10.2. The smallest absolute Gasteiger partial charge is 0.415 e. The summed E-state index contributed by atoms with van der Waals surface area (Å²) in [5.74, 6) is 0.422. The maximum absolute atomic E-state index is 12.0. The highest BCUT2D eigenvalue weighted by Crippen LogP contribution is 2.15. The van der Waals surface area contributed by atoms with Gasteiger partial charge >= 0.3 is 6.09 Å². The molecule has 1 aromatic heterocycles. The van der Waals surface area contributed by atoms with Crippen LogP contribution in [0.4, 0.5) is 10.6 Å². The molecule has 0 fully saturated rings. The van der Waals surface area contributed by atoms with Crippen LogP contribution in [0.1, 0.15) is 26.5 Å². The van der Waals surface area contributed by atoms with Crippen molar-refractivity contribution in [2.24, 2.45) is 0 Å². The Morgan fingerprint density at radius 1 is 1.32 bits per heavy atom. The van der Waals surface area contributed by atoms with Gasteiger partial charge in [-0.1, -0.05) is 6.07 Å². The van der Waals surface area contributed by atoms with Gasteiger partial charge in [0, 0.05) is 19.2 Å². The number of amides is 1. The molecule has 0 aliphatic rings. The number of aromatic nitrogens is 1. The van der Waals surface area contributed by atoms with Crippen LogP contribution in [0.5, 0.6) is 0 Å². The van der Waals surface area contributed by atoms with Crippen LogP contribution >= 0.6 is 0 Å². The third-order valence-corrected chi connectivity index (χ3v) is 3.05. The average Bonchev–Trinajstić information content (AvgIpc) is 2.34. The second kappa shape index (κ2) is 7.06. The lowest BCUT2D eigenvalue weighted by molar-refractivity contribution is 0.0588. The molecule has 0 saturated heterocycles. The zero-order chi connectivity index (χ0) is 17.0. The highest BCUT2D eigenvalue weighted by molar-refractivity contribution is 7.85. The molecule has 1 heterocycles. The number of nitrogens with zero attached hydrogens (tertiary/aromatic N) is 2. The van der Waals surface area contributed by atoms with Gasteiger partial charge in [-0.15, -0.1) is 0 Å². The molecule has 22 heavy (non-hydrogen) atoms. The predicted molar refractivity (Wildman–Crippen MR) is 83.4 cm³/mol. The van der Waals surface area contributed by atoms with E-state index in [0.29, 0.717) is 17.9 Å². The molecule has 0 atom stereocenters. The molecule has 124 valence electrons. The Kier molecular flexibility index (Phi) is 5.90. The summed E-state index contributed by atoms with van der Waals surface area (Å²) in [5.41, 5.74) is 0.0308. The Hall–Kier alpha value is -1.67. The summed E-state index contributed by atoms with van der Waals surface area (Å²) in [5, 5.41) is 0. The van der Waals surface area contributed by atoms with Crippen LogP contribution in [0.15, 0.2) is 18.2 Å². The van der Waals surface area contributed by atoms with Gasteiger partial charge in [-0.25, -0.2) is 9.78 Å². The Morgan fingerprint density at radius 3 is 2.50 bits per heavy atom. The Bertz CT molecular complexity index is 622. The van der Waals surface area contributed by atoms with E-state index >= 15 is 0 Å². The lowest BCUT2D eigenvalue weighted by Crippen LogP contribution is -2.34. The largest absolute Gasteiger partial charge is 0.443 e. The maximum atomic E-state index is 12.0. The quantitative estimate of drug-likeness (QED) is 0.767. The van der Waals surface area contributed by atoms with E-state index in [4.69, 9.17) is 4.74 Å². The molecule has 1 rings (SSSR count). The maximum Gasteiger partial charge on any atom is 0.415 e. The third-order valence-electron chi connectivity index (χ3n) is 2.46. The van der Waals surface area contributed by atoms with Crippen LogP contribution in [-0.2, 0) is 25.5 Å². The van der Waals surface area contributed by atoms with Gasteiger partial charge in [0.25, 0.3) is 10.1 Å². The van der Waals surface area contributed by atoms with Crippen molar-refractivity contribution in [3.63, 3.8) is 0 Å². The topological polar surface area (TPSA) is 85.8 Å². The van der Waals surface area contributed by atoms with Gasteiger partial charge in [0.05, 0.1) is 12.9 Å². The minimum absolute atomic E-state index is 0.00540. The summed E-state index contributed by atoms with van der Waals surface area (Å²) in [4.78, 5) is 17.6. The minimum Gasteiger partial charge on any atom is -0.443 e. The van der Waals surface area contributed by atoms with Crippen molar-refractivity contribution in [1.82, 2.24) is 4.98 Å². The summed E-state index contributed by atoms with van der Waals surface area (Å²) in [7, 11) is -1.90. The molecule has 0 radical (unpaired) electrons. The number of carbonyl (C=O) groups is 1. The zero-order valence-corrected chi connectivity index (χ0v) is 14.3. The molecule has 0 saturated carbocycles. The fourth-order valence-electron chi connectivity index (χ4n) is 1.51. The molecule has 0 aliphatic carbocycles. The fourth-order valence-corrected chi connectivity index (χ4v) is 1.90. The molecule has 1 aromatic rings. The highest BCUT2D eigenvalue weighted by atomic mass is 32.2. The van der Waals surface area contributed by atoms with E-state index in [0.717, 1.165) is 6.26 Å². The van der Waals surface area contributed by atoms with Crippen molar-refractivity contribution in [3.05, 3.63) is 23.9 Å². The fraction of sp³-hybridized carbons (Fsp3) is 0.571. The molecule has 7 nitrogen and oxygen atoms in total. The molecule has 8 heteroatoms. The first-order chi connectivity index (χ1) is 9.98. The van der Waals surface area contributed by atoms with Crippen LogP contribution in [0.3, 0.4) is 0 Å². The van der Waals surface area contributed by atoms with Crippen LogP contribution in [0.2, 0.25) is 0 Å². The van der Waals surface area contributed by atoms with Crippen molar-refractivity contribution in [2.75, 3.05) is 24.8 Å². The molecular weight excluding hydrogens is 308 g/mol. The number of ether oxygens (including phenoxy) is 1. The van der Waals surface area contributed by atoms with Crippen molar-refractivity contribution in [2.45, 2.75) is 32.8 Å². The van der Waals surface area contributed by atoms with Crippen molar-refractivity contribution in [3.8, 4) is 0 Å². The normalized spacial score (nSPS) is 12.0. The van der Waals surface area contributed by atoms with E-state index in [-0.39, 0.29) is 6.61 Å². The van der Waals surface area contributed by atoms with Gasteiger partial charge < -0.3 is 4.74 Å². The molecule has 0 aliphatic heterocycles. The first-order valence-electron chi connectivity index (χ1n) is 6.75. The van der Waals surface area contributed by atoms with Crippen molar-refractivity contribution >= 4 is 22.0 Å². The summed E-state index contributed by atoms with van der Waals surface area (Å²) >= 11 is 0. The molecule has 0 aromatic carbocycles. The highest BCUT2D eigenvalue weighted by Gasteiger charge is 2.21. The average molecular weight is 330 g/mol.